The highest BCUT2D eigenvalue weighted by molar-refractivity contribution is 5.96. The molecule has 2 aromatic carbocycles. The third kappa shape index (κ3) is 6.16. The summed E-state index contributed by atoms with van der Waals surface area (Å²) in [6.07, 6.45) is 0. The Balaban J connectivity index is 2.07. The third-order valence-corrected chi connectivity index (χ3v) is 5.06. The Morgan fingerprint density at radius 3 is 1.90 bits per heavy atom. The van der Waals surface area contributed by atoms with E-state index >= 15 is 0 Å². The minimum Gasteiger partial charge on any atom is -0.366 e. The number of rotatable bonds is 7. The van der Waals surface area contributed by atoms with Crippen molar-refractivity contribution in [1.29, 1.82) is 0 Å². The predicted molar refractivity (Wildman–Crippen MR) is 119 cm³/mol. The van der Waals surface area contributed by atoms with Gasteiger partial charge in [-0.1, -0.05) is 58.9 Å². The summed E-state index contributed by atoms with van der Waals surface area (Å²) in [4.78, 5) is 23.8. The Labute approximate surface area is 174 Å². The van der Waals surface area contributed by atoms with Gasteiger partial charge in [0.1, 0.15) is 0 Å². The highest BCUT2D eigenvalue weighted by Gasteiger charge is 2.23. The average Bonchev–Trinajstić information content (AvgIpc) is 2.65. The van der Waals surface area contributed by atoms with Crippen molar-refractivity contribution < 1.29 is 9.59 Å². The van der Waals surface area contributed by atoms with E-state index in [4.69, 9.17) is 5.73 Å². The number of hydrogen-bond donors (Lipinski definition) is 3. The maximum absolute atomic E-state index is 12.6. The van der Waals surface area contributed by atoms with Gasteiger partial charge in [0.2, 0.25) is 11.8 Å². The Hall–Kier alpha value is -2.66. The lowest BCUT2D eigenvalue weighted by Gasteiger charge is -2.27. The molecule has 0 aliphatic carbocycles. The van der Waals surface area contributed by atoms with Crippen LogP contribution in [0.1, 0.15) is 69.1 Å². The number of amides is 2. The van der Waals surface area contributed by atoms with E-state index in [-0.39, 0.29) is 23.4 Å². The minimum absolute atomic E-state index is 0.0574. The second-order valence-electron chi connectivity index (χ2n) is 8.91. The maximum atomic E-state index is 12.6. The third-order valence-electron chi connectivity index (χ3n) is 5.06. The molecule has 4 N–H and O–H groups in total. The summed E-state index contributed by atoms with van der Waals surface area (Å²) >= 11 is 0. The van der Waals surface area contributed by atoms with Crippen molar-refractivity contribution in [2.24, 2.45) is 11.7 Å². The molecule has 2 amide bonds. The molecule has 0 aromatic heterocycles. The zero-order valence-corrected chi connectivity index (χ0v) is 18.2. The standard InChI is InChI=1S/C24H33N3O2/c1-15(2)21(17-7-11-19(12-8-17)24(4,5)6)26-16(3)23(29)27-20-13-9-18(10-14-20)22(25)28/h7-16,21,26H,1-6H3,(H2,25,28)(H,27,29)/t16-,21-/m1/s1. The molecule has 5 nitrogen and oxygen atoms in total. The van der Waals surface area contributed by atoms with Crippen LogP contribution in [0.25, 0.3) is 0 Å². The SMILES string of the molecule is CC(C)[C@@H](N[C@H](C)C(=O)Nc1ccc(C(N)=O)cc1)c1ccc(C(C)(C)C)cc1. The number of carbonyl (C=O) groups is 2. The van der Waals surface area contributed by atoms with Crippen LogP contribution in [-0.4, -0.2) is 17.9 Å². The van der Waals surface area contributed by atoms with E-state index in [1.54, 1.807) is 24.3 Å². The van der Waals surface area contributed by atoms with Gasteiger partial charge in [-0.05, 0) is 53.6 Å². The summed E-state index contributed by atoms with van der Waals surface area (Å²) in [7, 11) is 0. The first-order chi connectivity index (χ1) is 13.5. The average molecular weight is 396 g/mol. The van der Waals surface area contributed by atoms with Crippen molar-refractivity contribution in [2.75, 3.05) is 5.32 Å². The van der Waals surface area contributed by atoms with Crippen LogP contribution in [0, 0.1) is 5.92 Å². The summed E-state index contributed by atoms with van der Waals surface area (Å²) in [6.45, 7) is 12.7. The summed E-state index contributed by atoms with van der Waals surface area (Å²) in [5.74, 6) is -0.301. The van der Waals surface area contributed by atoms with E-state index < -0.39 is 5.91 Å². The molecule has 5 heteroatoms. The molecule has 2 aromatic rings. The smallest absolute Gasteiger partial charge is 0.248 e. The zero-order valence-electron chi connectivity index (χ0n) is 18.2. The maximum Gasteiger partial charge on any atom is 0.248 e. The number of carbonyl (C=O) groups excluding carboxylic acids is 2. The van der Waals surface area contributed by atoms with Crippen molar-refractivity contribution in [1.82, 2.24) is 5.32 Å². The molecule has 0 saturated heterocycles. The van der Waals surface area contributed by atoms with Gasteiger partial charge < -0.3 is 11.1 Å². The van der Waals surface area contributed by atoms with Gasteiger partial charge in [0.05, 0.1) is 6.04 Å². The molecule has 156 valence electrons. The van der Waals surface area contributed by atoms with Crippen molar-refractivity contribution in [2.45, 2.75) is 59.0 Å². The summed E-state index contributed by atoms with van der Waals surface area (Å²) in [5, 5.41) is 6.33. The monoisotopic (exact) mass is 395 g/mol. The fraction of sp³-hybridized carbons (Fsp3) is 0.417. The van der Waals surface area contributed by atoms with Crippen molar-refractivity contribution in [3.63, 3.8) is 0 Å². The van der Waals surface area contributed by atoms with Crippen LogP contribution in [0.2, 0.25) is 0 Å². The molecule has 0 aliphatic heterocycles. The van der Waals surface area contributed by atoms with Crippen molar-refractivity contribution in [3.8, 4) is 0 Å². The quantitative estimate of drug-likeness (QED) is 0.650. The molecule has 2 atom stereocenters. The number of nitrogens with two attached hydrogens (primary N) is 1. The number of anilines is 1. The van der Waals surface area contributed by atoms with Crippen LogP contribution >= 0.6 is 0 Å². The highest BCUT2D eigenvalue weighted by atomic mass is 16.2. The van der Waals surface area contributed by atoms with Gasteiger partial charge in [-0.3, -0.25) is 14.9 Å². The molecular weight excluding hydrogens is 362 g/mol. The van der Waals surface area contributed by atoms with Gasteiger partial charge in [-0.25, -0.2) is 0 Å². The fourth-order valence-electron chi connectivity index (χ4n) is 3.18. The minimum atomic E-state index is -0.491. The predicted octanol–water partition coefficient (Wildman–Crippen LogP) is 4.40. The number of hydrogen-bond acceptors (Lipinski definition) is 3. The topological polar surface area (TPSA) is 84.2 Å². The number of benzene rings is 2. The second-order valence-corrected chi connectivity index (χ2v) is 8.91. The molecular formula is C24H33N3O2. The number of nitrogens with one attached hydrogen (secondary N) is 2. The van der Waals surface area contributed by atoms with Gasteiger partial charge in [0.15, 0.2) is 0 Å². The van der Waals surface area contributed by atoms with E-state index in [0.29, 0.717) is 17.2 Å². The molecule has 0 radical (unpaired) electrons. The lowest BCUT2D eigenvalue weighted by atomic mass is 9.85. The molecule has 0 fully saturated rings. The molecule has 0 heterocycles. The van der Waals surface area contributed by atoms with Crippen LogP contribution in [0.4, 0.5) is 5.69 Å². The van der Waals surface area contributed by atoms with E-state index in [2.05, 4.69) is 69.5 Å². The van der Waals surface area contributed by atoms with Gasteiger partial charge >= 0.3 is 0 Å². The second kappa shape index (κ2) is 9.23. The summed E-state index contributed by atoms with van der Waals surface area (Å²) in [6, 6.07) is 14.8. The van der Waals surface area contributed by atoms with Crippen LogP contribution < -0.4 is 16.4 Å². The Bertz CT molecular complexity index is 834. The van der Waals surface area contributed by atoms with Crippen LogP contribution in [0.5, 0.6) is 0 Å². The first-order valence-electron chi connectivity index (χ1n) is 10.1. The first kappa shape index (κ1) is 22.6. The fourth-order valence-corrected chi connectivity index (χ4v) is 3.18. The highest BCUT2D eigenvalue weighted by Crippen LogP contribution is 2.27. The Kier molecular flexibility index (Phi) is 7.20. The first-order valence-corrected chi connectivity index (χ1v) is 10.1. The number of primary amides is 1. The Morgan fingerprint density at radius 2 is 1.45 bits per heavy atom. The molecule has 0 unspecified atom stereocenters. The van der Waals surface area contributed by atoms with Crippen molar-refractivity contribution >= 4 is 17.5 Å². The lowest BCUT2D eigenvalue weighted by molar-refractivity contribution is -0.118. The van der Waals surface area contributed by atoms with E-state index in [1.807, 2.05) is 6.92 Å². The zero-order chi connectivity index (χ0) is 21.8. The van der Waals surface area contributed by atoms with Gasteiger partial charge in [0.25, 0.3) is 0 Å². The van der Waals surface area contributed by atoms with E-state index in [9.17, 15) is 9.59 Å². The largest absolute Gasteiger partial charge is 0.366 e. The normalized spacial score (nSPS) is 13.8. The van der Waals surface area contributed by atoms with Crippen LogP contribution in [0.3, 0.4) is 0 Å². The molecule has 0 saturated carbocycles. The van der Waals surface area contributed by atoms with Crippen molar-refractivity contribution in [3.05, 3.63) is 65.2 Å². The molecule has 0 spiro atoms. The van der Waals surface area contributed by atoms with Gasteiger partial charge in [0, 0.05) is 17.3 Å². The molecule has 2 rings (SSSR count). The molecule has 29 heavy (non-hydrogen) atoms. The van der Waals surface area contributed by atoms with E-state index in [0.717, 1.165) is 0 Å². The van der Waals surface area contributed by atoms with Crippen LogP contribution in [-0.2, 0) is 10.2 Å². The molecule has 0 aliphatic rings. The van der Waals surface area contributed by atoms with Gasteiger partial charge in [-0.15, -0.1) is 0 Å². The van der Waals surface area contributed by atoms with Crippen LogP contribution in [0.15, 0.2) is 48.5 Å². The molecule has 0 bridgehead atoms. The van der Waals surface area contributed by atoms with E-state index in [1.165, 1.54) is 11.1 Å². The summed E-state index contributed by atoms with van der Waals surface area (Å²) < 4.78 is 0. The Morgan fingerprint density at radius 1 is 0.897 bits per heavy atom. The summed E-state index contributed by atoms with van der Waals surface area (Å²) in [5.41, 5.74) is 8.85. The van der Waals surface area contributed by atoms with Gasteiger partial charge in [-0.2, -0.15) is 0 Å². The lowest BCUT2D eigenvalue weighted by Crippen LogP contribution is -2.41.